The van der Waals surface area contributed by atoms with Gasteiger partial charge < -0.3 is 9.47 Å². The van der Waals surface area contributed by atoms with Crippen LogP contribution in [0.15, 0.2) is 30.3 Å². The summed E-state index contributed by atoms with van der Waals surface area (Å²) in [5.41, 5.74) is -4.97. The van der Waals surface area contributed by atoms with Gasteiger partial charge in [-0.15, -0.1) is 11.6 Å². The molecular weight excluding hydrogens is 356 g/mol. The molecular formula is C12H10ClF6NO3. The molecule has 0 aromatic heterocycles. The maximum Gasteiger partial charge on any atom is 0.458 e. The van der Waals surface area contributed by atoms with Gasteiger partial charge in [0.05, 0.1) is 5.88 Å². The second-order valence-electron chi connectivity index (χ2n) is 4.04. The molecule has 0 aliphatic heterocycles. The van der Waals surface area contributed by atoms with Gasteiger partial charge in [0.25, 0.3) is 0 Å². The Labute approximate surface area is 131 Å². The minimum absolute atomic E-state index is 0.308. The Kier molecular flexibility index (Phi) is 5.98. The van der Waals surface area contributed by atoms with Crippen LogP contribution in [-0.2, 0) is 4.74 Å². The monoisotopic (exact) mass is 365 g/mol. The van der Waals surface area contributed by atoms with E-state index in [-0.39, 0.29) is 5.88 Å². The van der Waals surface area contributed by atoms with Crippen LogP contribution in [0.3, 0.4) is 0 Å². The largest absolute Gasteiger partial charge is 0.458 e. The molecule has 130 valence electrons. The van der Waals surface area contributed by atoms with Crippen molar-refractivity contribution in [1.82, 2.24) is 5.32 Å². The van der Waals surface area contributed by atoms with Crippen LogP contribution < -0.4 is 10.1 Å². The minimum atomic E-state index is -6.01. The van der Waals surface area contributed by atoms with E-state index in [1.807, 2.05) is 0 Å². The molecule has 0 saturated carbocycles. The average molecular weight is 366 g/mol. The summed E-state index contributed by atoms with van der Waals surface area (Å²) in [5, 5.41) is 0.702. The molecule has 0 unspecified atom stereocenters. The second kappa shape index (κ2) is 7.16. The summed E-state index contributed by atoms with van der Waals surface area (Å²) in [4.78, 5) is 11.2. The van der Waals surface area contributed by atoms with Crippen molar-refractivity contribution in [1.29, 1.82) is 0 Å². The van der Waals surface area contributed by atoms with E-state index in [4.69, 9.17) is 11.6 Å². The van der Waals surface area contributed by atoms with Crippen LogP contribution >= 0.6 is 11.6 Å². The number of amides is 1. The molecule has 11 heteroatoms. The number of ether oxygens (including phenoxy) is 2. The van der Waals surface area contributed by atoms with Crippen molar-refractivity contribution in [3.63, 3.8) is 0 Å². The Balaban J connectivity index is 3.24. The Morgan fingerprint density at radius 3 is 2.00 bits per heavy atom. The van der Waals surface area contributed by atoms with Gasteiger partial charge in [-0.25, -0.2) is 4.79 Å². The smallest absolute Gasteiger partial charge is 0.451 e. The van der Waals surface area contributed by atoms with E-state index in [0.717, 1.165) is 12.1 Å². The zero-order valence-electron chi connectivity index (χ0n) is 11.2. The van der Waals surface area contributed by atoms with E-state index >= 15 is 0 Å². The third-order valence-corrected chi connectivity index (χ3v) is 2.56. The quantitative estimate of drug-likeness (QED) is 0.490. The van der Waals surface area contributed by atoms with Gasteiger partial charge >= 0.3 is 24.2 Å². The molecule has 0 spiro atoms. The van der Waals surface area contributed by atoms with Crippen LogP contribution in [0, 0.1) is 0 Å². The number of carbonyl (C=O) groups is 1. The van der Waals surface area contributed by atoms with Crippen molar-refractivity contribution in [2.24, 2.45) is 0 Å². The lowest BCUT2D eigenvalue weighted by molar-refractivity contribution is -0.365. The molecule has 4 nitrogen and oxygen atoms in total. The fourth-order valence-corrected chi connectivity index (χ4v) is 1.50. The summed E-state index contributed by atoms with van der Waals surface area (Å²) in [6.45, 7) is -0.579. The van der Waals surface area contributed by atoms with Gasteiger partial charge in [0.15, 0.2) is 0 Å². The van der Waals surface area contributed by atoms with Crippen molar-refractivity contribution >= 4 is 17.7 Å². The molecule has 0 atom stereocenters. The Hall–Kier alpha value is -1.84. The molecule has 23 heavy (non-hydrogen) atoms. The number of benzene rings is 1. The first-order valence-corrected chi connectivity index (χ1v) is 6.45. The summed E-state index contributed by atoms with van der Waals surface area (Å²) in [6.07, 6.45) is -14.0. The van der Waals surface area contributed by atoms with Crippen molar-refractivity contribution in [3.05, 3.63) is 30.3 Å². The number of alkyl halides is 7. The first kappa shape index (κ1) is 19.2. The summed E-state index contributed by atoms with van der Waals surface area (Å²) < 4.78 is 86.8. The van der Waals surface area contributed by atoms with Crippen LogP contribution in [-0.4, -0.2) is 36.7 Å². The molecule has 0 heterocycles. The first-order valence-electron chi connectivity index (χ1n) is 5.92. The molecule has 0 bridgehead atoms. The van der Waals surface area contributed by atoms with E-state index in [1.54, 1.807) is 0 Å². The summed E-state index contributed by atoms with van der Waals surface area (Å²) in [6, 6.07) is 5.44. The van der Waals surface area contributed by atoms with Crippen LogP contribution in [0.5, 0.6) is 5.75 Å². The fraction of sp³-hybridized carbons (Fsp3) is 0.417. The first-order chi connectivity index (χ1) is 10.5. The highest BCUT2D eigenvalue weighted by Crippen LogP contribution is 2.44. The molecule has 1 amide bonds. The van der Waals surface area contributed by atoms with E-state index in [9.17, 15) is 31.1 Å². The number of hydrogen-bond acceptors (Lipinski definition) is 3. The van der Waals surface area contributed by atoms with Gasteiger partial charge in [-0.05, 0) is 12.1 Å². The number of alkyl carbamates (subject to hydrolysis) is 1. The van der Waals surface area contributed by atoms with Crippen LogP contribution in [0.1, 0.15) is 0 Å². The molecule has 0 aliphatic carbocycles. The van der Waals surface area contributed by atoms with Gasteiger partial charge in [-0.1, -0.05) is 18.2 Å². The lowest BCUT2D eigenvalue weighted by atomic mass is 10.2. The SMILES string of the molecule is O=C(NC(Oc1ccccc1)(C(F)(F)F)C(F)(F)F)OCCCl. The maximum absolute atomic E-state index is 13.1. The zero-order chi connectivity index (χ0) is 17.7. The number of nitrogens with one attached hydrogen (secondary N) is 1. The van der Waals surface area contributed by atoms with Crippen molar-refractivity contribution < 1.29 is 40.6 Å². The highest BCUT2D eigenvalue weighted by atomic mass is 35.5. The van der Waals surface area contributed by atoms with Crippen molar-refractivity contribution in [2.75, 3.05) is 12.5 Å². The number of carbonyl (C=O) groups excluding carboxylic acids is 1. The summed E-state index contributed by atoms with van der Waals surface area (Å²) in [7, 11) is 0. The Morgan fingerprint density at radius 2 is 1.57 bits per heavy atom. The topological polar surface area (TPSA) is 47.6 Å². The van der Waals surface area contributed by atoms with Crippen LogP contribution in [0.4, 0.5) is 31.1 Å². The predicted molar refractivity (Wildman–Crippen MR) is 67.1 cm³/mol. The zero-order valence-corrected chi connectivity index (χ0v) is 11.9. The minimum Gasteiger partial charge on any atom is -0.451 e. The third kappa shape index (κ3) is 4.57. The normalized spacial score (nSPS) is 12.7. The molecule has 0 aliphatic rings. The van der Waals surface area contributed by atoms with Gasteiger partial charge in [0.2, 0.25) is 0 Å². The lowest BCUT2D eigenvalue weighted by Gasteiger charge is -2.36. The number of hydrogen-bond donors (Lipinski definition) is 1. The average Bonchev–Trinajstić information content (AvgIpc) is 2.43. The van der Waals surface area contributed by atoms with Crippen molar-refractivity contribution in [3.8, 4) is 5.75 Å². The molecule has 0 radical (unpaired) electrons. The number of halogens is 7. The predicted octanol–water partition coefficient (Wildman–Crippen LogP) is 3.85. The van der Waals surface area contributed by atoms with E-state index in [2.05, 4.69) is 9.47 Å². The fourth-order valence-electron chi connectivity index (χ4n) is 1.42. The third-order valence-electron chi connectivity index (χ3n) is 2.40. The van der Waals surface area contributed by atoms with Gasteiger partial charge in [-0.3, -0.25) is 5.32 Å². The Bertz CT molecular complexity index is 506. The summed E-state index contributed by atoms with van der Waals surface area (Å²) >= 11 is 5.15. The molecule has 0 fully saturated rings. The van der Waals surface area contributed by atoms with Crippen LogP contribution in [0.2, 0.25) is 0 Å². The number of rotatable bonds is 5. The van der Waals surface area contributed by atoms with Crippen molar-refractivity contribution in [2.45, 2.75) is 18.1 Å². The van der Waals surface area contributed by atoms with E-state index < -0.39 is 36.5 Å². The molecule has 0 saturated heterocycles. The highest BCUT2D eigenvalue weighted by Gasteiger charge is 2.75. The van der Waals surface area contributed by atoms with Gasteiger partial charge in [0, 0.05) is 0 Å². The number of para-hydroxylation sites is 1. The molecule has 1 aromatic rings. The molecule has 1 rings (SSSR count). The van der Waals surface area contributed by atoms with Gasteiger partial charge in [0.1, 0.15) is 12.4 Å². The molecule has 1 aromatic carbocycles. The lowest BCUT2D eigenvalue weighted by Crippen LogP contribution is -2.71. The van der Waals surface area contributed by atoms with E-state index in [1.165, 1.54) is 18.2 Å². The van der Waals surface area contributed by atoms with E-state index in [0.29, 0.717) is 5.32 Å². The Morgan fingerprint density at radius 1 is 1.04 bits per heavy atom. The van der Waals surface area contributed by atoms with Crippen LogP contribution in [0.25, 0.3) is 0 Å². The standard InChI is InChI=1S/C12H10ClF6NO3/c13-6-7-22-9(21)20-10(11(14,15)16,12(17,18)19)23-8-4-2-1-3-5-8/h1-5H,6-7H2,(H,20,21). The summed E-state index contributed by atoms with van der Waals surface area (Å²) in [5.74, 6) is -1.06. The highest BCUT2D eigenvalue weighted by molar-refractivity contribution is 6.18. The maximum atomic E-state index is 13.1. The van der Waals surface area contributed by atoms with Gasteiger partial charge in [-0.2, -0.15) is 26.3 Å². The molecule has 1 N–H and O–H groups in total. The second-order valence-corrected chi connectivity index (χ2v) is 4.42.